The molecule has 0 aliphatic rings. The molecule has 0 saturated carbocycles. The quantitative estimate of drug-likeness (QED) is 0.908. The van der Waals surface area contributed by atoms with Gasteiger partial charge in [0.1, 0.15) is 0 Å². The van der Waals surface area contributed by atoms with Crippen molar-refractivity contribution >= 4 is 33.0 Å². The zero-order chi connectivity index (χ0) is 11.5. The third-order valence-electron chi connectivity index (χ3n) is 1.77. The van der Waals surface area contributed by atoms with Crippen LogP contribution in [0, 0.1) is 0 Å². The Morgan fingerprint density at radius 2 is 1.87 bits per heavy atom. The first-order valence-corrected chi connectivity index (χ1v) is 6.77. The number of hydrogen-bond donors (Lipinski definition) is 1. The Balaban J connectivity index is 2.86. The molecule has 15 heavy (non-hydrogen) atoms. The number of aliphatic hydroxyl groups is 1. The number of sulfone groups is 1. The lowest BCUT2D eigenvalue weighted by Crippen LogP contribution is -2.12. The SMILES string of the molecule is O=S(=O)(CCO)Cc1ccc(Cl)c(Cl)c1. The lowest BCUT2D eigenvalue weighted by Gasteiger charge is -2.04. The molecule has 1 N–H and O–H groups in total. The molecule has 0 aliphatic heterocycles. The molecule has 0 radical (unpaired) electrons. The van der Waals surface area contributed by atoms with E-state index in [4.69, 9.17) is 28.3 Å². The van der Waals surface area contributed by atoms with Gasteiger partial charge in [0, 0.05) is 0 Å². The molecule has 0 saturated heterocycles. The summed E-state index contributed by atoms with van der Waals surface area (Å²) in [6, 6.07) is 4.66. The Kier molecular flexibility index (Phi) is 4.40. The van der Waals surface area contributed by atoms with Gasteiger partial charge in [-0.05, 0) is 17.7 Å². The van der Waals surface area contributed by atoms with Crippen molar-refractivity contribution in [3.63, 3.8) is 0 Å². The van der Waals surface area contributed by atoms with Gasteiger partial charge >= 0.3 is 0 Å². The molecule has 0 amide bonds. The molecule has 0 bridgehead atoms. The summed E-state index contributed by atoms with van der Waals surface area (Å²) in [5.41, 5.74) is 0.567. The van der Waals surface area contributed by atoms with E-state index in [1.54, 1.807) is 12.1 Å². The molecular weight excluding hydrogens is 259 g/mol. The van der Waals surface area contributed by atoms with Gasteiger partial charge in [-0.25, -0.2) is 8.42 Å². The standard InChI is InChI=1S/C9H10Cl2O3S/c10-8-2-1-7(5-9(8)11)6-15(13,14)4-3-12/h1-2,5,12H,3-4,6H2. The Morgan fingerprint density at radius 3 is 2.40 bits per heavy atom. The van der Waals surface area contributed by atoms with Crippen LogP contribution in [-0.4, -0.2) is 25.9 Å². The second-order valence-electron chi connectivity index (χ2n) is 3.06. The Bertz CT molecular complexity index is 443. The largest absolute Gasteiger partial charge is 0.395 e. The fraction of sp³-hybridized carbons (Fsp3) is 0.333. The van der Waals surface area contributed by atoms with Crippen LogP contribution in [0.3, 0.4) is 0 Å². The normalized spacial score (nSPS) is 11.7. The summed E-state index contributed by atoms with van der Waals surface area (Å²) in [4.78, 5) is 0. The molecule has 1 aromatic carbocycles. The fourth-order valence-corrected chi connectivity index (χ4v) is 2.53. The van der Waals surface area contributed by atoms with Crippen LogP contribution in [0.5, 0.6) is 0 Å². The summed E-state index contributed by atoms with van der Waals surface area (Å²) in [6.45, 7) is -0.371. The van der Waals surface area contributed by atoms with Gasteiger partial charge < -0.3 is 5.11 Å². The van der Waals surface area contributed by atoms with Crippen LogP contribution in [0.4, 0.5) is 0 Å². The van der Waals surface area contributed by atoms with Gasteiger partial charge in [0.05, 0.1) is 28.2 Å². The molecule has 0 spiro atoms. The van der Waals surface area contributed by atoms with Crippen LogP contribution >= 0.6 is 23.2 Å². The first kappa shape index (κ1) is 12.8. The van der Waals surface area contributed by atoms with Crippen molar-refractivity contribution in [3.05, 3.63) is 33.8 Å². The molecule has 6 heteroatoms. The van der Waals surface area contributed by atoms with E-state index >= 15 is 0 Å². The summed E-state index contributed by atoms with van der Waals surface area (Å²) < 4.78 is 22.7. The van der Waals surface area contributed by atoms with Crippen molar-refractivity contribution in [1.29, 1.82) is 0 Å². The second kappa shape index (κ2) is 5.16. The number of benzene rings is 1. The highest BCUT2D eigenvalue weighted by atomic mass is 35.5. The van der Waals surface area contributed by atoms with E-state index in [1.807, 2.05) is 0 Å². The van der Waals surface area contributed by atoms with Crippen LogP contribution < -0.4 is 0 Å². The van der Waals surface area contributed by atoms with Gasteiger partial charge in [0.25, 0.3) is 0 Å². The van der Waals surface area contributed by atoms with E-state index in [0.29, 0.717) is 15.6 Å². The maximum absolute atomic E-state index is 11.4. The maximum Gasteiger partial charge on any atom is 0.156 e. The fourth-order valence-electron chi connectivity index (χ4n) is 1.09. The molecule has 1 aromatic rings. The smallest absolute Gasteiger partial charge is 0.156 e. The predicted molar refractivity (Wildman–Crippen MR) is 61.0 cm³/mol. The van der Waals surface area contributed by atoms with Crippen LogP contribution in [0.25, 0.3) is 0 Å². The topological polar surface area (TPSA) is 54.4 Å². The lowest BCUT2D eigenvalue weighted by molar-refractivity contribution is 0.319. The maximum atomic E-state index is 11.4. The number of hydrogen-bond acceptors (Lipinski definition) is 3. The first-order chi connectivity index (χ1) is 6.94. The molecule has 3 nitrogen and oxygen atoms in total. The third-order valence-corrected chi connectivity index (χ3v) is 4.09. The lowest BCUT2D eigenvalue weighted by atomic mass is 10.2. The van der Waals surface area contributed by atoms with Crippen molar-refractivity contribution in [2.75, 3.05) is 12.4 Å². The van der Waals surface area contributed by atoms with E-state index in [0.717, 1.165) is 0 Å². The average Bonchev–Trinajstić information content (AvgIpc) is 2.10. The Labute approximate surface area is 98.6 Å². The molecule has 0 aliphatic carbocycles. The summed E-state index contributed by atoms with van der Waals surface area (Å²) in [5.74, 6) is -0.377. The minimum atomic E-state index is -3.27. The van der Waals surface area contributed by atoms with Gasteiger partial charge in [0.15, 0.2) is 9.84 Å². The van der Waals surface area contributed by atoms with Gasteiger partial charge in [-0.3, -0.25) is 0 Å². The van der Waals surface area contributed by atoms with E-state index in [9.17, 15) is 8.42 Å². The number of aliphatic hydroxyl groups excluding tert-OH is 1. The minimum absolute atomic E-state index is 0.134. The number of halogens is 2. The van der Waals surface area contributed by atoms with Crippen LogP contribution in [-0.2, 0) is 15.6 Å². The average molecular weight is 269 g/mol. The summed E-state index contributed by atoms with van der Waals surface area (Å²) in [6.07, 6.45) is 0. The van der Waals surface area contributed by atoms with Gasteiger partial charge in [-0.2, -0.15) is 0 Å². The van der Waals surface area contributed by atoms with Crippen molar-refractivity contribution in [3.8, 4) is 0 Å². The zero-order valence-electron chi connectivity index (χ0n) is 7.78. The monoisotopic (exact) mass is 268 g/mol. The Hall–Kier alpha value is -0.290. The molecule has 84 valence electrons. The third kappa shape index (κ3) is 3.99. The van der Waals surface area contributed by atoms with Gasteiger partial charge in [-0.15, -0.1) is 0 Å². The molecule has 0 atom stereocenters. The first-order valence-electron chi connectivity index (χ1n) is 4.20. The van der Waals surface area contributed by atoms with E-state index < -0.39 is 9.84 Å². The molecule has 0 fully saturated rings. The van der Waals surface area contributed by atoms with Crippen LogP contribution in [0.15, 0.2) is 18.2 Å². The van der Waals surface area contributed by atoms with Gasteiger partial charge in [0.2, 0.25) is 0 Å². The second-order valence-corrected chi connectivity index (χ2v) is 6.06. The highest BCUT2D eigenvalue weighted by Gasteiger charge is 2.11. The van der Waals surface area contributed by atoms with Crippen molar-refractivity contribution < 1.29 is 13.5 Å². The summed E-state index contributed by atoms with van der Waals surface area (Å²) in [5, 5.41) is 9.27. The molecule has 0 unspecified atom stereocenters. The van der Waals surface area contributed by atoms with Crippen molar-refractivity contribution in [1.82, 2.24) is 0 Å². The molecule has 0 aromatic heterocycles. The number of rotatable bonds is 4. The molecule has 0 heterocycles. The minimum Gasteiger partial charge on any atom is -0.395 e. The molecular formula is C9H10Cl2O3S. The van der Waals surface area contributed by atoms with Gasteiger partial charge in [-0.1, -0.05) is 29.3 Å². The highest BCUT2D eigenvalue weighted by Crippen LogP contribution is 2.23. The predicted octanol–water partition coefficient (Wildman–Crippen LogP) is 1.90. The van der Waals surface area contributed by atoms with Crippen LogP contribution in [0.1, 0.15) is 5.56 Å². The highest BCUT2D eigenvalue weighted by molar-refractivity contribution is 7.90. The molecule has 1 rings (SSSR count). The van der Waals surface area contributed by atoms with E-state index in [2.05, 4.69) is 0 Å². The van der Waals surface area contributed by atoms with E-state index in [1.165, 1.54) is 6.07 Å². The zero-order valence-corrected chi connectivity index (χ0v) is 10.1. The Morgan fingerprint density at radius 1 is 1.20 bits per heavy atom. The summed E-state index contributed by atoms with van der Waals surface area (Å²) >= 11 is 11.4. The van der Waals surface area contributed by atoms with Crippen LogP contribution in [0.2, 0.25) is 10.0 Å². The summed E-state index contributed by atoms with van der Waals surface area (Å²) in [7, 11) is -3.27. The van der Waals surface area contributed by atoms with Crippen molar-refractivity contribution in [2.24, 2.45) is 0 Å². The van der Waals surface area contributed by atoms with E-state index in [-0.39, 0.29) is 18.1 Å². The van der Waals surface area contributed by atoms with Crippen molar-refractivity contribution in [2.45, 2.75) is 5.75 Å².